The van der Waals surface area contributed by atoms with Gasteiger partial charge in [0.15, 0.2) is 11.6 Å². The highest BCUT2D eigenvalue weighted by Gasteiger charge is 2.44. The fourth-order valence-corrected chi connectivity index (χ4v) is 5.73. The number of nitrogens with zero attached hydrogens (tertiary/aromatic N) is 8. The average molecular weight is 545 g/mol. The number of pyridine rings is 4. The predicted octanol–water partition coefficient (Wildman–Crippen LogP) is 7.67. The molecule has 0 amide bonds. The first-order chi connectivity index (χ1) is 20.9. The van der Waals surface area contributed by atoms with E-state index in [4.69, 9.17) is 0 Å². The number of para-hydroxylation sites is 4. The van der Waals surface area contributed by atoms with Crippen LogP contribution < -0.4 is 19.6 Å². The lowest BCUT2D eigenvalue weighted by Crippen LogP contribution is -2.33. The number of hydrogen-bond acceptors (Lipinski definition) is 8. The highest BCUT2D eigenvalue weighted by Crippen LogP contribution is 2.56. The Morgan fingerprint density at radius 2 is 0.571 bits per heavy atom. The zero-order valence-electron chi connectivity index (χ0n) is 22.4. The molecule has 0 saturated carbocycles. The summed E-state index contributed by atoms with van der Waals surface area (Å²) in [6.07, 6.45) is 14.8. The van der Waals surface area contributed by atoms with Gasteiger partial charge in [0, 0.05) is 24.8 Å². The van der Waals surface area contributed by atoms with Gasteiger partial charge in [0.25, 0.3) is 0 Å². The number of hydrogen-bond donors (Lipinski definition) is 0. The first kappa shape index (κ1) is 23.8. The van der Waals surface area contributed by atoms with Gasteiger partial charge in [-0.25, -0.2) is 0 Å². The van der Waals surface area contributed by atoms with Crippen LogP contribution in [0.15, 0.2) is 158 Å². The molecular formula is C34H24N8. The van der Waals surface area contributed by atoms with Crippen molar-refractivity contribution in [1.82, 2.24) is 19.9 Å². The van der Waals surface area contributed by atoms with E-state index in [0.29, 0.717) is 0 Å². The van der Waals surface area contributed by atoms with Crippen molar-refractivity contribution in [3.8, 4) is 0 Å². The van der Waals surface area contributed by atoms with Crippen molar-refractivity contribution < 1.29 is 0 Å². The second kappa shape index (κ2) is 9.87. The van der Waals surface area contributed by atoms with Crippen molar-refractivity contribution in [3.05, 3.63) is 158 Å². The van der Waals surface area contributed by atoms with Crippen LogP contribution in [0.1, 0.15) is 0 Å². The molecule has 0 bridgehead atoms. The Morgan fingerprint density at radius 3 is 0.786 bits per heavy atom. The van der Waals surface area contributed by atoms with Crippen LogP contribution >= 0.6 is 0 Å². The van der Waals surface area contributed by atoms with Crippen molar-refractivity contribution >= 4 is 45.5 Å². The molecule has 8 rings (SSSR count). The lowest BCUT2D eigenvalue weighted by Gasteiger charge is -2.33. The fraction of sp³-hybridized carbons (Fsp3) is 0. The smallest absolute Gasteiger partial charge is 0.166 e. The maximum absolute atomic E-state index is 4.51. The molecule has 4 aromatic heterocycles. The third-order valence-corrected chi connectivity index (χ3v) is 7.39. The first-order valence-corrected chi connectivity index (χ1v) is 13.6. The van der Waals surface area contributed by atoms with E-state index in [-0.39, 0.29) is 0 Å². The predicted molar refractivity (Wildman–Crippen MR) is 165 cm³/mol. The summed E-state index contributed by atoms with van der Waals surface area (Å²) in [4.78, 5) is 27.1. The topological polar surface area (TPSA) is 64.5 Å². The highest BCUT2D eigenvalue weighted by molar-refractivity contribution is 5.99. The van der Waals surface area contributed by atoms with E-state index < -0.39 is 0 Å². The maximum Gasteiger partial charge on any atom is 0.166 e. The third-order valence-electron chi connectivity index (χ3n) is 7.39. The van der Waals surface area contributed by atoms with Crippen LogP contribution in [0.5, 0.6) is 0 Å². The molecule has 0 saturated heterocycles. The lowest BCUT2D eigenvalue weighted by atomic mass is 10.2. The second-order valence-electron chi connectivity index (χ2n) is 9.81. The van der Waals surface area contributed by atoms with E-state index in [1.165, 1.54) is 0 Å². The summed E-state index contributed by atoms with van der Waals surface area (Å²) in [7, 11) is 0. The quantitative estimate of drug-likeness (QED) is 0.224. The number of aromatic nitrogens is 4. The van der Waals surface area contributed by atoms with Crippen LogP contribution in [-0.2, 0) is 0 Å². The largest absolute Gasteiger partial charge is 0.289 e. The Kier molecular flexibility index (Phi) is 5.60. The summed E-state index contributed by atoms with van der Waals surface area (Å²) in [6.45, 7) is 0. The summed E-state index contributed by atoms with van der Waals surface area (Å²) in [6, 6.07) is 33.1. The van der Waals surface area contributed by atoms with Gasteiger partial charge in [0.2, 0.25) is 0 Å². The van der Waals surface area contributed by atoms with Gasteiger partial charge in [-0.2, -0.15) is 0 Å². The van der Waals surface area contributed by atoms with Gasteiger partial charge in [-0.3, -0.25) is 39.5 Å². The van der Waals surface area contributed by atoms with Gasteiger partial charge in [-0.15, -0.1) is 0 Å². The molecule has 2 aliphatic rings. The van der Waals surface area contributed by atoms with Crippen LogP contribution in [0.25, 0.3) is 0 Å². The second-order valence-corrected chi connectivity index (χ2v) is 9.81. The molecule has 0 atom stereocenters. The molecule has 0 aliphatic carbocycles. The van der Waals surface area contributed by atoms with E-state index in [0.717, 1.165) is 57.1 Å². The minimum Gasteiger partial charge on any atom is -0.289 e. The van der Waals surface area contributed by atoms with Gasteiger partial charge in [-0.1, -0.05) is 24.3 Å². The summed E-state index contributed by atoms with van der Waals surface area (Å²) in [5, 5.41) is 0. The standard InChI is InChI=1S/C34H24N8/c1-2-14-30-29(13-1)39(25-9-5-17-35-21-25)33(40(30)26-10-6-18-36-22-26)34-41(27-11-7-19-37-23-27)31-15-3-4-16-32(31)42(34)28-12-8-20-38-24-28/h1-24H. The van der Waals surface area contributed by atoms with Gasteiger partial charge < -0.3 is 0 Å². The van der Waals surface area contributed by atoms with E-state index in [1.807, 2.05) is 49.1 Å². The molecular weight excluding hydrogens is 520 g/mol. The van der Waals surface area contributed by atoms with Crippen LogP contribution in [0.2, 0.25) is 0 Å². The Morgan fingerprint density at radius 1 is 0.310 bits per heavy atom. The molecule has 0 spiro atoms. The van der Waals surface area contributed by atoms with Crippen molar-refractivity contribution in [1.29, 1.82) is 0 Å². The van der Waals surface area contributed by atoms with Gasteiger partial charge in [-0.05, 0) is 72.8 Å². The molecule has 0 radical (unpaired) electrons. The van der Waals surface area contributed by atoms with Gasteiger partial charge >= 0.3 is 0 Å². The number of benzene rings is 2. The Hall–Kier alpha value is -6.02. The van der Waals surface area contributed by atoms with Crippen LogP contribution in [0.3, 0.4) is 0 Å². The molecule has 200 valence electrons. The van der Waals surface area contributed by atoms with E-state index in [9.17, 15) is 0 Å². The van der Waals surface area contributed by atoms with Gasteiger partial charge in [0.05, 0.1) is 70.3 Å². The molecule has 2 aromatic carbocycles. The van der Waals surface area contributed by atoms with E-state index in [1.54, 1.807) is 24.8 Å². The average Bonchev–Trinajstić information content (AvgIpc) is 3.59. The number of anilines is 8. The molecule has 8 heteroatoms. The van der Waals surface area contributed by atoms with E-state index in [2.05, 4.69) is 112 Å². The maximum atomic E-state index is 4.51. The SMILES string of the molecule is c1cncc(N2C(=C3N(c4cccnc4)c4ccccc4N3c3cccnc3)N(c3cccnc3)c3ccccc32)c1. The van der Waals surface area contributed by atoms with Crippen molar-refractivity contribution in [2.24, 2.45) is 0 Å². The summed E-state index contributed by atoms with van der Waals surface area (Å²) in [5.41, 5.74) is 7.88. The minimum atomic E-state index is 0.918. The fourth-order valence-electron chi connectivity index (χ4n) is 5.73. The number of rotatable bonds is 4. The summed E-state index contributed by atoms with van der Waals surface area (Å²) < 4.78 is 0. The molecule has 2 aliphatic heterocycles. The minimum absolute atomic E-state index is 0.918. The highest BCUT2D eigenvalue weighted by atomic mass is 15.5. The third kappa shape index (κ3) is 3.70. The Labute approximate surface area is 243 Å². The van der Waals surface area contributed by atoms with Crippen LogP contribution in [0, 0.1) is 0 Å². The Bertz CT molecular complexity index is 1620. The molecule has 8 nitrogen and oxygen atoms in total. The van der Waals surface area contributed by atoms with Crippen molar-refractivity contribution in [2.75, 3.05) is 19.6 Å². The first-order valence-electron chi connectivity index (χ1n) is 13.6. The van der Waals surface area contributed by atoms with Crippen molar-refractivity contribution in [2.45, 2.75) is 0 Å². The van der Waals surface area contributed by atoms with Gasteiger partial charge in [0.1, 0.15) is 0 Å². The zero-order chi connectivity index (χ0) is 27.9. The summed E-state index contributed by atoms with van der Waals surface area (Å²) in [5.74, 6) is 1.84. The molecule has 0 unspecified atom stereocenters. The monoisotopic (exact) mass is 544 g/mol. The molecule has 42 heavy (non-hydrogen) atoms. The molecule has 0 fully saturated rings. The Balaban J connectivity index is 1.53. The van der Waals surface area contributed by atoms with Crippen LogP contribution in [0.4, 0.5) is 45.5 Å². The lowest BCUT2D eigenvalue weighted by molar-refractivity contribution is 0.997. The molecule has 6 heterocycles. The summed E-state index contributed by atoms with van der Waals surface area (Å²) >= 11 is 0. The zero-order valence-corrected chi connectivity index (χ0v) is 22.4. The van der Waals surface area contributed by atoms with Crippen molar-refractivity contribution in [3.63, 3.8) is 0 Å². The molecule has 0 N–H and O–H groups in total. The number of fused-ring (bicyclic) bond motifs is 2. The molecule has 6 aromatic rings. The van der Waals surface area contributed by atoms with E-state index >= 15 is 0 Å². The van der Waals surface area contributed by atoms with Crippen LogP contribution in [-0.4, -0.2) is 19.9 Å². The normalized spacial score (nSPS) is 13.9.